The van der Waals surface area contributed by atoms with Crippen LogP contribution in [0.2, 0.25) is 0 Å². The molecule has 0 spiro atoms. The zero-order chi connectivity index (χ0) is 18.5. The highest BCUT2D eigenvalue weighted by atomic mass is 14.2. The fraction of sp³-hybridized carbons (Fsp3) is 0.0714. The number of allylic oxidation sites excluding steroid dienone is 1. The van der Waals surface area contributed by atoms with Gasteiger partial charge in [-0.25, -0.2) is 0 Å². The van der Waals surface area contributed by atoms with Gasteiger partial charge in [0.05, 0.1) is 0 Å². The summed E-state index contributed by atoms with van der Waals surface area (Å²) in [5, 5.41) is 8.00. The van der Waals surface area contributed by atoms with Gasteiger partial charge in [0, 0.05) is 0 Å². The van der Waals surface area contributed by atoms with E-state index in [0.717, 1.165) is 12.8 Å². The molecular formula is C28H20. The summed E-state index contributed by atoms with van der Waals surface area (Å²) in [6.07, 6.45) is 6.86. The lowest BCUT2D eigenvalue weighted by molar-refractivity contribution is 0.992. The molecule has 0 saturated carbocycles. The maximum absolute atomic E-state index is 2.41. The number of fused-ring (bicyclic) bond motifs is 6. The summed E-state index contributed by atoms with van der Waals surface area (Å²) >= 11 is 0. The fourth-order valence-corrected chi connectivity index (χ4v) is 4.82. The Hall–Kier alpha value is -3.38. The van der Waals surface area contributed by atoms with Gasteiger partial charge in [-0.05, 0) is 79.5 Å². The van der Waals surface area contributed by atoms with Crippen molar-refractivity contribution >= 4 is 38.4 Å². The molecule has 1 aliphatic carbocycles. The van der Waals surface area contributed by atoms with E-state index in [1.54, 1.807) is 0 Å². The van der Waals surface area contributed by atoms with Crippen LogP contribution in [0.3, 0.4) is 0 Å². The average molecular weight is 356 g/mol. The number of benzene rings is 5. The van der Waals surface area contributed by atoms with Crippen LogP contribution in [0.5, 0.6) is 0 Å². The second kappa shape index (κ2) is 6.07. The summed E-state index contributed by atoms with van der Waals surface area (Å²) in [6, 6.07) is 31.2. The van der Waals surface area contributed by atoms with Gasteiger partial charge in [-0.15, -0.1) is 0 Å². The van der Waals surface area contributed by atoms with Crippen LogP contribution in [0, 0.1) is 0 Å². The standard InChI is InChI=1S/C28H20/c1-3-11-21-19(9-1)17-27(25-15-7-5-13-23(21)25)28-18-20-10-2-4-12-22(20)24-14-6-8-16-26(24)28/h1-7,9-15,17-18H,8,16H2. The van der Waals surface area contributed by atoms with Gasteiger partial charge in [-0.1, -0.05) is 84.9 Å². The van der Waals surface area contributed by atoms with Crippen molar-refractivity contribution in [1.29, 1.82) is 0 Å². The Kier molecular flexibility index (Phi) is 3.39. The van der Waals surface area contributed by atoms with Crippen LogP contribution in [0.4, 0.5) is 0 Å². The Balaban J connectivity index is 1.79. The second-order valence-corrected chi connectivity index (χ2v) is 7.67. The van der Waals surface area contributed by atoms with Crippen LogP contribution in [0.1, 0.15) is 17.5 Å². The van der Waals surface area contributed by atoms with Crippen LogP contribution in [-0.2, 0) is 6.42 Å². The molecule has 6 rings (SSSR count). The van der Waals surface area contributed by atoms with Crippen molar-refractivity contribution in [3.8, 4) is 11.1 Å². The molecule has 0 fully saturated rings. The van der Waals surface area contributed by atoms with E-state index in [9.17, 15) is 0 Å². The minimum absolute atomic E-state index is 1.10. The predicted octanol–water partition coefficient (Wildman–Crippen LogP) is 7.77. The molecule has 1 aliphatic rings. The van der Waals surface area contributed by atoms with Crippen molar-refractivity contribution in [2.75, 3.05) is 0 Å². The highest BCUT2D eigenvalue weighted by molar-refractivity contribution is 6.15. The smallest absolute Gasteiger partial charge is 0.00958 e. The Morgan fingerprint density at radius 2 is 1.14 bits per heavy atom. The fourth-order valence-electron chi connectivity index (χ4n) is 4.82. The highest BCUT2D eigenvalue weighted by Gasteiger charge is 2.17. The Morgan fingerprint density at radius 3 is 1.96 bits per heavy atom. The molecule has 0 atom stereocenters. The Bertz CT molecular complexity index is 1400. The molecule has 0 amide bonds. The summed E-state index contributed by atoms with van der Waals surface area (Å²) < 4.78 is 0. The maximum atomic E-state index is 2.41. The molecule has 5 aromatic carbocycles. The molecular weight excluding hydrogens is 336 g/mol. The molecule has 0 radical (unpaired) electrons. The molecule has 0 heterocycles. The SMILES string of the molecule is C1=Cc2c(c(-c3cc4ccccc4c4ccccc34)cc3ccccc23)CC1. The van der Waals surface area contributed by atoms with Crippen molar-refractivity contribution in [3.05, 3.63) is 102 Å². The Labute approximate surface area is 164 Å². The minimum atomic E-state index is 1.10. The maximum Gasteiger partial charge on any atom is -0.00958 e. The minimum Gasteiger partial charge on any atom is -0.0836 e. The third kappa shape index (κ3) is 2.25. The zero-order valence-electron chi connectivity index (χ0n) is 15.7. The first-order valence-corrected chi connectivity index (χ1v) is 10.0. The molecule has 0 heteroatoms. The number of hydrogen-bond donors (Lipinski definition) is 0. The van der Waals surface area contributed by atoms with E-state index in [2.05, 4.69) is 97.1 Å². The van der Waals surface area contributed by atoms with E-state index in [-0.39, 0.29) is 0 Å². The molecule has 0 N–H and O–H groups in total. The lowest BCUT2D eigenvalue weighted by Crippen LogP contribution is -1.99. The summed E-state index contributed by atoms with van der Waals surface area (Å²) in [4.78, 5) is 0. The van der Waals surface area contributed by atoms with E-state index < -0.39 is 0 Å². The van der Waals surface area contributed by atoms with E-state index in [1.165, 1.54) is 54.6 Å². The molecule has 0 unspecified atom stereocenters. The molecule has 0 bridgehead atoms. The monoisotopic (exact) mass is 356 g/mol. The molecule has 28 heavy (non-hydrogen) atoms. The quantitative estimate of drug-likeness (QED) is 0.269. The van der Waals surface area contributed by atoms with Gasteiger partial charge in [0.1, 0.15) is 0 Å². The summed E-state index contributed by atoms with van der Waals surface area (Å²) in [7, 11) is 0. The van der Waals surface area contributed by atoms with Gasteiger partial charge >= 0.3 is 0 Å². The van der Waals surface area contributed by atoms with E-state index in [4.69, 9.17) is 0 Å². The van der Waals surface area contributed by atoms with Gasteiger partial charge in [0.15, 0.2) is 0 Å². The third-order valence-electron chi connectivity index (χ3n) is 6.10. The van der Waals surface area contributed by atoms with Crippen molar-refractivity contribution in [3.63, 3.8) is 0 Å². The highest BCUT2D eigenvalue weighted by Crippen LogP contribution is 2.41. The van der Waals surface area contributed by atoms with Gasteiger partial charge in [-0.3, -0.25) is 0 Å². The molecule has 5 aromatic rings. The second-order valence-electron chi connectivity index (χ2n) is 7.67. The molecule has 0 aliphatic heterocycles. The lowest BCUT2D eigenvalue weighted by atomic mass is 9.83. The van der Waals surface area contributed by atoms with E-state index in [0.29, 0.717) is 0 Å². The van der Waals surface area contributed by atoms with Crippen molar-refractivity contribution in [2.45, 2.75) is 12.8 Å². The normalized spacial score (nSPS) is 13.3. The van der Waals surface area contributed by atoms with Crippen LogP contribution in [0.25, 0.3) is 49.5 Å². The van der Waals surface area contributed by atoms with Crippen molar-refractivity contribution in [1.82, 2.24) is 0 Å². The molecule has 0 nitrogen and oxygen atoms in total. The molecule has 132 valence electrons. The zero-order valence-corrected chi connectivity index (χ0v) is 15.7. The van der Waals surface area contributed by atoms with Gasteiger partial charge in [0.25, 0.3) is 0 Å². The first-order chi connectivity index (χ1) is 13.9. The number of hydrogen-bond acceptors (Lipinski definition) is 0. The van der Waals surface area contributed by atoms with Gasteiger partial charge in [0.2, 0.25) is 0 Å². The van der Waals surface area contributed by atoms with E-state index in [1.807, 2.05) is 0 Å². The van der Waals surface area contributed by atoms with Crippen molar-refractivity contribution in [2.24, 2.45) is 0 Å². The van der Waals surface area contributed by atoms with Crippen molar-refractivity contribution < 1.29 is 0 Å². The lowest BCUT2D eigenvalue weighted by Gasteiger charge is -2.20. The first-order valence-electron chi connectivity index (χ1n) is 10.0. The predicted molar refractivity (Wildman–Crippen MR) is 122 cm³/mol. The van der Waals surface area contributed by atoms with Crippen LogP contribution in [0.15, 0.2) is 91.0 Å². The average Bonchev–Trinajstić information content (AvgIpc) is 2.78. The summed E-state index contributed by atoms with van der Waals surface area (Å²) in [6.45, 7) is 0. The summed E-state index contributed by atoms with van der Waals surface area (Å²) in [5.41, 5.74) is 5.63. The molecule has 0 saturated heterocycles. The first kappa shape index (κ1) is 15.7. The van der Waals surface area contributed by atoms with Gasteiger partial charge < -0.3 is 0 Å². The number of rotatable bonds is 1. The van der Waals surface area contributed by atoms with Crippen LogP contribution >= 0.6 is 0 Å². The summed E-state index contributed by atoms with van der Waals surface area (Å²) in [5.74, 6) is 0. The largest absolute Gasteiger partial charge is 0.0836 e. The third-order valence-corrected chi connectivity index (χ3v) is 6.10. The van der Waals surface area contributed by atoms with E-state index >= 15 is 0 Å². The molecule has 0 aromatic heterocycles. The van der Waals surface area contributed by atoms with Crippen LogP contribution < -0.4 is 0 Å². The van der Waals surface area contributed by atoms with Crippen LogP contribution in [-0.4, -0.2) is 0 Å². The Morgan fingerprint density at radius 1 is 0.536 bits per heavy atom. The van der Waals surface area contributed by atoms with Gasteiger partial charge in [-0.2, -0.15) is 0 Å². The topological polar surface area (TPSA) is 0 Å².